The molecule has 23 heavy (non-hydrogen) atoms. The van der Waals surface area contributed by atoms with E-state index in [2.05, 4.69) is 43.3 Å². The second-order valence-corrected chi connectivity index (χ2v) is 6.06. The molecular weight excluding hydrogens is 405 g/mol. The average molecular weight is 435 g/mol. The van der Waals surface area contributed by atoms with Gasteiger partial charge in [-0.1, -0.05) is 0 Å². The van der Waals surface area contributed by atoms with Crippen molar-refractivity contribution in [2.75, 3.05) is 27.3 Å². The monoisotopic (exact) mass is 435 g/mol. The van der Waals surface area contributed by atoms with Gasteiger partial charge in [-0.25, -0.2) is 0 Å². The van der Waals surface area contributed by atoms with Crippen LogP contribution in [0.2, 0.25) is 0 Å². The Morgan fingerprint density at radius 2 is 1.87 bits per heavy atom. The molecular formula is C17H30IN3O2. The summed E-state index contributed by atoms with van der Waals surface area (Å²) in [6.45, 7) is 9.92. The molecule has 6 heteroatoms. The molecule has 0 bridgehead atoms. The molecule has 0 saturated heterocycles. The third kappa shape index (κ3) is 8.29. The van der Waals surface area contributed by atoms with E-state index in [4.69, 9.17) is 9.47 Å². The summed E-state index contributed by atoms with van der Waals surface area (Å²) in [6, 6.07) is 5.83. The maximum atomic E-state index is 5.40. The van der Waals surface area contributed by atoms with Crippen molar-refractivity contribution in [1.29, 1.82) is 0 Å². The van der Waals surface area contributed by atoms with Gasteiger partial charge in [-0.2, -0.15) is 0 Å². The lowest BCUT2D eigenvalue weighted by atomic mass is 10.1. The number of nitrogens with one attached hydrogen (secondary N) is 2. The summed E-state index contributed by atoms with van der Waals surface area (Å²) in [6.07, 6.45) is 0.793. The molecule has 0 radical (unpaired) electrons. The second-order valence-electron chi connectivity index (χ2n) is 6.06. The number of hydrogen-bond donors (Lipinski definition) is 2. The van der Waals surface area contributed by atoms with Crippen LogP contribution in [0.25, 0.3) is 0 Å². The zero-order valence-electron chi connectivity index (χ0n) is 15.0. The van der Waals surface area contributed by atoms with Gasteiger partial charge in [-0.15, -0.1) is 24.0 Å². The van der Waals surface area contributed by atoms with E-state index in [0.29, 0.717) is 6.54 Å². The van der Waals surface area contributed by atoms with Gasteiger partial charge in [0.15, 0.2) is 5.96 Å². The van der Waals surface area contributed by atoms with Gasteiger partial charge < -0.3 is 20.1 Å². The number of hydrogen-bond acceptors (Lipinski definition) is 3. The number of aliphatic imine (C=N–C) groups is 1. The van der Waals surface area contributed by atoms with Gasteiger partial charge in [-0.05, 0) is 57.9 Å². The first kappa shape index (κ1) is 21.8. The minimum Gasteiger partial charge on any atom is -0.497 e. The Labute approximate surface area is 157 Å². The quantitative estimate of drug-likeness (QED) is 0.410. The van der Waals surface area contributed by atoms with E-state index in [1.807, 2.05) is 18.2 Å². The molecule has 1 aromatic rings. The number of halogens is 1. The van der Waals surface area contributed by atoms with E-state index in [1.165, 1.54) is 0 Å². The fourth-order valence-corrected chi connectivity index (χ4v) is 2.03. The van der Waals surface area contributed by atoms with Crippen LogP contribution in [0.1, 0.15) is 33.3 Å². The fourth-order valence-electron chi connectivity index (χ4n) is 2.03. The zero-order chi connectivity index (χ0) is 16.6. The smallest absolute Gasteiger partial charge is 0.191 e. The van der Waals surface area contributed by atoms with E-state index in [9.17, 15) is 0 Å². The van der Waals surface area contributed by atoms with E-state index in [1.54, 1.807) is 14.2 Å². The van der Waals surface area contributed by atoms with Crippen molar-refractivity contribution < 1.29 is 9.47 Å². The number of ether oxygens (including phenoxy) is 2. The number of nitrogens with zero attached hydrogens (tertiary/aromatic N) is 1. The van der Waals surface area contributed by atoms with Crippen molar-refractivity contribution in [1.82, 2.24) is 10.6 Å². The molecule has 0 atom stereocenters. The zero-order valence-corrected chi connectivity index (χ0v) is 17.4. The summed E-state index contributed by atoms with van der Waals surface area (Å²) in [7, 11) is 3.35. The van der Waals surface area contributed by atoms with Gasteiger partial charge in [0.05, 0.1) is 14.2 Å². The van der Waals surface area contributed by atoms with Gasteiger partial charge in [0.1, 0.15) is 11.5 Å². The van der Waals surface area contributed by atoms with Crippen molar-refractivity contribution in [2.24, 2.45) is 4.99 Å². The lowest BCUT2D eigenvalue weighted by molar-refractivity contribution is 0.399. The normalized spacial score (nSPS) is 11.5. The number of benzene rings is 1. The van der Waals surface area contributed by atoms with Gasteiger partial charge >= 0.3 is 0 Å². The Balaban J connectivity index is 0.00000484. The van der Waals surface area contributed by atoms with Crippen LogP contribution in [0.3, 0.4) is 0 Å². The highest BCUT2D eigenvalue weighted by molar-refractivity contribution is 14.0. The van der Waals surface area contributed by atoms with Crippen LogP contribution in [0.4, 0.5) is 0 Å². The van der Waals surface area contributed by atoms with Crippen LogP contribution >= 0.6 is 24.0 Å². The summed E-state index contributed by atoms with van der Waals surface area (Å²) < 4.78 is 10.7. The first-order valence-electron chi connectivity index (χ1n) is 7.67. The summed E-state index contributed by atoms with van der Waals surface area (Å²) in [5.74, 6) is 2.53. The first-order valence-corrected chi connectivity index (χ1v) is 7.67. The average Bonchev–Trinajstić information content (AvgIpc) is 2.45. The van der Waals surface area contributed by atoms with Gasteiger partial charge in [0.25, 0.3) is 0 Å². The minimum atomic E-state index is -0.0192. The van der Waals surface area contributed by atoms with Crippen molar-refractivity contribution in [2.45, 2.75) is 39.7 Å². The highest BCUT2D eigenvalue weighted by atomic mass is 127. The molecule has 0 amide bonds. The van der Waals surface area contributed by atoms with E-state index in [-0.39, 0.29) is 29.5 Å². The molecule has 0 aliphatic heterocycles. The maximum absolute atomic E-state index is 5.40. The summed E-state index contributed by atoms with van der Waals surface area (Å²) in [4.78, 5) is 4.62. The highest BCUT2D eigenvalue weighted by Gasteiger charge is 2.11. The molecule has 132 valence electrons. The Bertz CT molecular complexity index is 499. The van der Waals surface area contributed by atoms with Gasteiger partial charge in [0, 0.05) is 18.6 Å². The van der Waals surface area contributed by atoms with E-state index < -0.39 is 0 Å². The number of rotatable bonds is 6. The minimum absolute atomic E-state index is 0. The summed E-state index contributed by atoms with van der Waals surface area (Å²) >= 11 is 0. The lowest BCUT2D eigenvalue weighted by Gasteiger charge is -2.23. The molecule has 5 nitrogen and oxygen atoms in total. The molecule has 0 spiro atoms. The maximum Gasteiger partial charge on any atom is 0.191 e. The summed E-state index contributed by atoms with van der Waals surface area (Å²) in [5.41, 5.74) is 1.08. The molecule has 0 heterocycles. The van der Waals surface area contributed by atoms with Crippen LogP contribution < -0.4 is 20.1 Å². The third-order valence-corrected chi connectivity index (χ3v) is 2.98. The lowest BCUT2D eigenvalue weighted by Crippen LogP contribution is -2.47. The third-order valence-electron chi connectivity index (χ3n) is 2.98. The van der Waals surface area contributed by atoms with Gasteiger partial charge in [0.2, 0.25) is 0 Å². The van der Waals surface area contributed by atoms with Gasteiger partial charge in [-0.3, -0.25) is 4.99 Å². The molecule has 1 rings (SSSR count). The summed E-state index contributed by atoms with van der Waals surface area (Å²) in [5, 5.41) is 6.64. The molecule has 0 aromatic heterocycles. The Kier molecular flexibility index (Phi) is 10.0. The molecule has 0 aliphatic carbocycles. The molecule has 2 N–H and O–H groups in total. The van der Waals surface area contributed by atoms with Crippen LogP contribution in [-0.2, 0) is 6.42 Å². The topological polar surface area (TPSA) is 54.9 Å². The highest BCUT2D eigenvalue weighted by Crippen LogP contribution is 2.24. The van der Waals surface area contributed by atoms with E-state index in [0.717, 1.165) is 36.0 Å². The van der Waals surface area contributed by atoms with Crippen LogP contribution in [0.15, 0.2) is 23.2 Å². The second kappa shape index (κ2) is 10.6. The number of guanidine groups is 1. The Morgan fingerprint density at radius 3 is 2.39 bits per heavy atom. The molecule has 0 unspecified atom stereocenters. The SMILES string of the molecule is CCNC(=NCCc1cc(OC)ccc1OC)NC(C)(C)C.I. The molecule has 1 aromatic carbocycles. The predicted molar refractivity (Wildman–Crippen MR) is 108 cm³/mol. The Morgan fingerprint density at radius 1 is 1.17 bits per heavy atom. The van der Waals surface area contributed by atoms with Crippen LogP contribution in [0.5, 0.6) is 11.5 Å². The van der Waals surface area contributed by atoms with E-state index >= 15 is 0 Å². The Hall–Kier alpha value is -1.18. The van der Waals surface area contributed by atoms with Crippen molar-refractivity contribution in [3.63, 3.8) is 0 Å². The molecule has 0 fully saturated rings. The predicted octanol–water partition coefficient (Wildman–Crippen LogP) is 3.22. The molecule has 0 aliphatic rings. The van der Waals surface area contributed by atoms with Crippen molar-refractivity contribution in [3.8, 4) is 11.5 Å². The first-order chi connectivity index (χ1) is 10.4. The fraction of sp³-hybridized carbons (Fsp3) is 0.588. The standard InChI is InChI=1S/C17H29N3O2.HI/c1-7-18-16(20-17(2,3)4)19-11-10-13-12-14(21-5)8-9-15(13)22-6;/h8-9,12H,7,10-11H2,1-6H3,(H2,18,19,20);1H. The number of methoxy groups -OCH3 is 2. The largest absolute Gasteiger partial charge is 0.497 e. The molecule has 0 saturated carbocycles. The van der Waals surface area contributed by atoms with Crippen LogP contribution in [-0.4, -0.2) is 38.8 Å². The van der Waals surface area contributed by atoms with Crippen molar-refractivity contribution >= 4 is 29.9 Å². The van der Waals surface area contributed by atoms with Crippen molar-refractivity contribution in [3.05, 3.63) is 23.8 Å². The van der Waals surface area contributed by atoms with Crippen LogP contribution in [0, 0.1) is 0 Å².